The normalized spacial score (nSPS) is 23.6. The molecular formula is C17H35N3. The molecule has 118 valence electrons. The van der Waals surface area contributed by atoms with Crippen molar-refractivity contribution in [3.8, 4) is 0 Å². The summed E-state index contributed by atoms with van der Waals surface area (Å²) in [7, 11) is 0. The van der Waals surface area contributed by atoms with Crippen LogP contribution in [0.25, 0.3) is 0 Å². The van der Waals surface area contributed by atoms with E-state index in [1.54, 1.807) is 0 Å². The van der Waals surface area contributed by atoms with Gasteiger partial charge in [0.2, 0.25) is 0 Å². The smallest absolute Gasteiger partial charge is 0.0113 e. The van der Waals surface area contributed by atoms with Crippen molar-refractivity contribution in [2.45, 2.75) is 58.9 Å². The third kappa shape index (κ3) is 5.71. The van der Waals surface area contributed by atoms with Crippen molar-refractivity contribution in [3.05, 3.63) is 0 Å². The second-order valence-electron chi connectivity index (χ2n) is 7.88. The predicted octanol–water partition coefficient (Wildman–Crippen LogP) is 2.57. The Balaban J connectivity index is 1.51. The zero-order valence-corrected chi connectivity index (χ0v) is 14.0. The molecule has 0 aromatic heterocycles. The van der Waals surface area contributed by atoms with Gasteiger partial charge in [0.25, 0.3) is 0 Å². The van der Waals surface area contributed by atoms with Crippen molar-refractivity contribution >= 4 is 0 Å². The van der Waals surface area contributed by atoms with Crippen LogP contribution in [0.1, 0.15) is 52.9 Å². The zero-order valence-electron chi connectivity index (χ0n) is 14.0. The van der Waals surface area contributed by atoms with E-state index in [0.29, 0.717) is 5.41 Å². The molecule has 1 aliphatic carbocycles. The summed E-state index contributed by atoms with van der Waals surface area (Å²) < 4.78 is 0. The molecule has 3 nitrogen and oxygen atoms in total. The molecular weight excluding hydrogens is 246 g/mol. The average Bonchev–Trinajstić information content (AvgIpc) is 2.92. The van der Waals surface area contributed by atoms with E-state index in [9.17, 15) is 0 Å². The lowest BCUT2D eigenvalue weighted by Gasteiger charge is -2.38. The lowest BCUT2D eigenvalue weighted by molar-refractivity contribution is 0.0983. The standard InChI is InChI=1S/C17H35N3/c1-17(2,3)8-9-18-10-11-19-12-14-20(15-13-19)16-6-4-5-7-16/h16,18H,4-15H2,1-3H3. The Bertz CT molecular complexity index is 258. The lowest BCUT2D eigenvalue weighted by Crippen LogP contribution is -2.50. The van der Waals surface area contributed by atoms with E-state index in [1.807, 2.05) is 0 Å². The average molecular weight is 281 g/mol. The molecule has 0 unspecified atom stereocenters. The summed E-state index contributed by atoms with van der Waals surface area (Å²) in [5, 5.41) is 3.60. The van der Waals surface area contributed by atoms with Gasteiger partial charge >= 0.3 is 0 Å². The Labute approximate surface area is 126 Å². The van der Waals surface area contributed by atoms with Gasteiger partial charge in [-0.05, 0) is 31.2 Å². The van der Waals surface area contributed by atoms with Gasteiger partial charge in [0, 0.05) is 45.3 Å². The molecule has 0 atom stereocenters. The molecule has 1 saturated heterocycles. The highest BCUT2D eigenvalue weighted by atomic mass is 15.3. The van der Waals surface area contributed by atoms with Gasteiger partial charge in [0.15, 0.2) is 0 Å². The molecule has 0 aromatic carbocycles. The van der Waals surface area contributed by atoms with Crippen molar-refractivity contribution in [2.75, 3.05) is 45.8 Å². The Morgan fingerprint density at radius 3 is 2.20 bits per heavy atom. The molecule has 0 radical (unpaired) electrons. The Hall–Kier alpha value is -0.120. The molecule has 2 rings (SSSR count). The minimum atomic E-state index is 0.458. The summed E-state index contributed by atoms with van der Waals surface area (Å²) in [6, 6.07) is 0.919. The highest BCUT2D eigenvalue weighted by Gasteiger charge is 2.25. The minimum absolute atomic E-state index is 0.458. The van der Waals surface area contributed by atoms with E-state index < -0.39 is 0 Å². The van der Waals surface area contributed by atoms with Gasteiger partial charge in [-0.3, -0.25) is 9.80 Å². The maximum Gasteiger partial charge on any atom is 0.0113 e. The minimum Gasteiger partial charge on any atom is -0.315 e. The van der Waals surface area contributed by atoms with Crippen LogP contribution in [0.15, 0.2) is 0 Å². The zero-order chi connectivity index (χ0) is 14.4. The van der Waals surface area contributed by atoms with Crippen LogP contribution >= 0.6 is 0 Å². The van der Waals surface area contributed by atoms with Gasteiger partial charge in [-0.15, -0.1) is 0 Å². The van der Waals surface area contributed by atoms with E-state index >= 15 is 0 Å². The number of piperazine rings is 1. The lowest BCUT2D eigenvalue weighted by atomic mass is 9.92. The molecule has 1 N–H and O–H groups in total. The Morgan fingerprint density at radius 1 is 0.950 bits per heavy atom. The van der Waals surface area contributed by atoms with E-state index in [4.69, 9.17) is 0 Å². The maximum atomic E-state index is 3.60. The fourth-order valence-corrected chi connectivity index (χ4v) is 3.45. The van der Waals surface area contributed by atoms with Gasteiger partial charge in [-0.1, -0.05) is 33.6 Å². The maximum absolute atomic E-state index is 3.60. The molecule has 1 saturated carbocycles. The monoisotopic (exact) mass is 281 g/mol. The Morgan fingerprint density at radius 2 is 1.60 bits per heavy atom. The summed E-state index contributed by atoms with van der Waals surface area (Å²) in [5.74, 6) is 0. The Kier molecular flexibility index (Phi) is 6.31. The van der Waals surface area contributed by atoms with Crippen molar-refractivity contribution in [2.24, 2.45) is 5.41 Å². The second kappa shape index (κ2) is 7.77. The molecule has 0 aromatic rings. The van der Waals surface area contributed by atoms with Crippen molar-refractivity contribution < 1.29 is 0 Å². The van der Waals surface area contributed by atoms with Gasteiger partial charge in [0.05, 0.1) is 0 Å². The molecule has 2 aliphatic rings. The van der Waals surface area contributed by atoms with Crippen LogP contribution in [-0.4, -0.2) is 61.7 Å². The van der Waals surface area contributed by atoms with Crippen molar-refractivity contribution in [3.63, 3.8) is 0 Å². The summed E-state index contributed by atoms with van der Waals surface area (Å²) in [4.78, 5) is 5.38. The number of nitrogens with one attached hydrogen (secondary N) is 1. The fourth-order valence-electron chi connectivity index (χ4n) is 3.45. The molecule has 0 amide bonds. The highest BCUT2D eigenvalue weighted by molar-refractivity contribution is 4.82. The van der Waals surface area contributed by atoms with Crippen LogP contribution < -0.4 is 5.32 Å². The largest absolute Gasteiger partial charge is 0.315 e. The predicted molar refractivity (Wildman–Crippen MR) is 87.2 cm³/mol. The topological polar surface area (TPSA) is 18.5 Å². The van der Waals surface area contributed by atoms with E-state index in [1.165, 1.54) is 64.8 Å². The van der Waals surface area contributed by atoms with Crippen LogP contribution in [0.5, 0.6) is 0 Å². The molecule has 3 heteroatoms. The van der Waals surface area contributed by atoms with Crippen LogP contribution in [0.3, 0.4) is 0 Å². The van der Waals surface area contributed by atoms with Crippen LogP contribution in [0, 0.1) is 5.41 Å². The first kappa shape index (κ1) is 16.3. The molecule has 1 aliphatic heterocycles. The summed E-state index contributed by atoms with van der Waals surface area (Å²) in [6.07, 6.45) is 7.09. The molecule has 2 fully saturated rings. The highest BCUT2D eigenvalue weighted by Crippen LogP contribution is 2.24. The van der Waals surface area contributed by atoms with Crippen LogP contribution in [0.2, 0.25) is 0 Å². The molecule has 0 bridgehead atoms. The van der Waals surface area contributed by atoms with E-state index in [-0.39, 0.29) is 0 Å². The fraction of sp³-hybridized carbons (Fsp3) is 1.00. The van der Waals surface area contributed by atoms with Crippen LogP contribution in [0.4, 0.5) is 0 Å². The van der Waals surface area contributed by atoms with Gasteiger partial charge < -0.3 is 5.32 Å². The first-order valence-electron chi connectivity index (χ1n) is 8.72. The first-order valence-corrected chi connectivity index (χ1v) is 8.72. The van der Waals surface area contributed by atoms with Crippen molar-refractivity contribution in [1.29, 1.82) is 0 Å². The van der Waals surface area contributed by atoms with E-state index in [2.05, 4.69) is 35.9 Å². The summed E-state index contributed by atoms with van der Waals surface area (Å²) >= 11 is 0. The van der Waals surface area contributed by atoms with Gasteiger partial charge in [0.1, 0.15) is 0 Å². The summed E-state index contributed by atoms with van der Waals surface area (Å²) in [5.41, 5.74) is 0.458. The molecule has 1 heterocycles. The number of hydrogen-bond acceptors (Lipinski definition) is 3. The number of rotatable bonds is 6. The quantitative estimate of drug-likeness (QED) is 0.755. The number of hydrogen-bond donors (Lipinski definition) is 1. The molecule has 20 heavy (non-hydrogen) atoms. The second-order valence-corrected chi connectivity index (χ2v) is 7.88. The van der Waals surface area contributed by atoms with Crippen molar-refractivity contribution in [1.82, 2.24) is 15.1 Å². The van der Waals surface area contributed by atoms with Gasteiger partial charge in [-0.2, -0.15) is 0 Å². The molecule has 0 spiro atoms. The van der Waals surface area contributed by atoms with E-state index in [0.717, 1.165) is 19.1 Å². The first-order chi connectivity index (χ1) is 9.54. The SMILES string of the molecule is CC(C)(C)CCNCCN1CCN(C2CCCC2)CC1. The third-order valence-corrected chi connectivity index (χ3v) is 4.90. The third-order valence-electron chi connectivity index (χ3n) is 4.90. The summed E-state index contributed by atoms with van der Waals surface area (Å²) in [6.45, 7) is 15.6. The van der Waals surface area contributed by atoms with Crippen LogP contribution in [-0.2, 0) is 0 Å². The number of nitrogens with zero attached hydrogens (tertiary/aromatic N) is 2. The van der Waals surface area contributed by atoms with Gasteiger partial charge in [-0.25, -0.2) is 0 Å².